The van der Waals surface area contributed by atoms with E-state index in [4.69, 9.17) is 36.3 Å². The van der Waals surface area contributed by atoms with Crippen LogP contribution < -0.4 is 20.5 Å². The number of nitrogen functional groups attached to an aromatic ring is 1. The minimum atomic E-state index is -4.08. The number of methoxy groups -OCH3 is 4. The molecule has 2 aliphatic rings. The summed E-state index contributed by atoms with van der Waals surface area (Å²) in [6.07, 6.45) is 0. The van der Waals surface area contributed by atoms with Crippen LogP contribution in [0.2, 0.25) is 0 Å². The quantitative estimate of drug-likeness (QED) is 0.0344. The van der Waals surface area contributed by atoms with E-state index < -0.39 is 33.1 Å². The first-order valence-electron chi connectivity index (χ1n) is 14.0. The molecule has 14 nitrogen and oxygen atoms in total. The molecule has 0 radical (unpaired) electrons. The third-order valence-electron chi connectivity index (χ3n) is 7.40. The smallest absolute Gasteiger partial charge is 0.296 e. The number of ether oxygens (including phenoxy) is 4. The largest absolute Gasteiger partial charge is 0.492 e. The molecule has 4 aromatic carbocycles. The first kappa shape index (κ1) is 34.1. The molecule has 4 aromatic rings. The van der Waals surface area contributed by atoms with Crippen LogP contribution in [-0.4, -0.2) is 60.1 Å². The van der Waals surface area contributed by atoms with E-state index in [9.17, 15) is 18.0 Å². The molecule has 6 rings (SSSR count). The van der Waals surface area contributed by atoms with Gasteiger partial charge in [-0.3, -0.25) is 9.59 Å². The second kappa shape index (κ2) is 13.9. The Morgan fingerprint density at radius 3 is 1.92 bits per heavy atom. The molecule has 16 heteroatoms. The van der Waals surface area contributed by atoms with Crippen molar-refractivity contribution in [3.8, 4) is 11.5 Å². The number of nitrogens with one attached hydrogen (secondary N) is 1. The van der Waals surface area contributed by atoms with Gasteiger partial charge in [-0.2, -0.15) is 0 Å². The summed E-state index contributed by atoms with van der Waals surface area (Å²) in [5, 5.41) is 20.4. The lowest BCUT2D eigenvalue weighted by Crippen LogP contribution is -2.51. The standard InChI is InChI=1S/C32H29ClN6O8S/c1-44-29-23-15-16-25(30(29)45-2)48(42,43)24-14-8-13-22(28(24)35-23)39-37-20-11-6-5-10-19(20)36-38-21-12-7-9-18(34)27(21)31(41)32(46-3,47-4)26(40)17-33/h5-16,35H,17,34H2,1-4H3. The van der Waals surface area contributed by atoms with Gasteiger partial charge >= 0.3 is 0 Å². The summed E-state index contributed by atoms with van der Waals surface area (Å²) in [5.74, 6) is -4.37. The maximum absolute atomic E-state index is 13.7. The number of benzene rings is 4. The van der Waals surface area contributed by atoms with Crippen molar-refractivity contribution in [3.63, 3.8) is 0 Å². The van der Waals surface area contributed by atoms with E-state index >= 15 is 0 Å². The molecular formula is C32H29ClN6O8S. The van der Waals surface area contributed by atoms with E-state index in [1.165, 1.54) is 38.5 Å². The van der Waals surface area contributed by atoms with Crippen LogP contribution in [0.3, 0.4) is 0 Å². The van der Waals surface area contributed by atoms with Gasteiger partial charge in [0.1, 0.15) is 22.0 Å². The van der Waals surface area contributed by atoms with Gasteiger partial charge in [0.05, 0.1) is 47.6 Å². The zero-order valence-corrected chi connectivity index (χ0v) is 27.6. The Morgan fingerprint density at radius 1 is 0.750 bits per heavy atom. The molecule has 48 heavy (non-hydrogen) atoms. The first-order chi connectivity index (χ1) is 23.1. The fourth-order valence-electron chi connectivity index (χ4n) is 5.07. The normalized spacial score (nSPS) is 13.5. The molecule has 2 heterocycles. The molecule has 3 N–H and O–H groups in total. The monoisotopic (exact) mass is 692 g/mol. The lowest BCUT2D eigenvalue weighted by Gasteiger charge is -2.27. The number of sulfone groups is 1. The second-order valence-corrected chi connectivity index (χ2v) is 12.2. The maximum Gasteiger partial charge on any atom is 0.296 e. The van der Waals surface area contributed by atoms with Crippen molar-refractivity contribution in [2.75, 3.05) is 45.4 Å². The molecule has 0 amide bonds. The number of para-hydroxylation sites is 1. The molecule has 0 saturated carbocycles. The van der Waals surface area contributed by atoms with Crippen LogP contribution in [-0.2, 0) is 24.1 Å². The molecule has 248 valence electrons. The van der Waals surface area contributed by atoms with Crippen LogP contribution >= 0.6 is 11.6 Å². The van der Waals surface area contributed by atoms with Gasteiger partial charge in [-0.1, -0.05) is 24.3 Å². The summed E-state index contributed by atoms with van der Waals surface area (Å²) in [6.45, 7) is 0. The lowest BCUT2D eigenvalue weighted by atomic mass is 9.97. The molecule has 0 saturated heterocycles. The zero-order chi connectivity index (χ0) is 34.6. The van der Waals surface area contributed by atoms with Crippen molar-refractivity contribution < 1.29 is 37.0 Å². The summed E-state index contributed by atoms with van der Waals surface area (Å²) >= 11 is 5.74. The van der Waals surface area contributed by atoms with Crippen LogP contribution in [0, 0.1) is 0 Å². The van der Waals surface area contributed by atoms with Gasteiger partial charge in [-0.05, 0) is 48.5 Å². The number of nitrogens with zero attached hydrogens (tertiary/aromatic N) is 4. The van der Waals surface area contributed by atoms with Gasteiger partial charge < -0.3 is 30.0 Å². The highest BCUT2D eigenvalue weighted by Crippen LogP contribution is 2.49. The van der Waals surface area contributed by atoms with Gasteiger partial charge in [0.2, 0.25) is 21.4 Å². The van der Waals surface area contributed by atoms with Gasteiger partial charge in [-0.15, -0.1) is 32.1 Å². The maximum atomic E-state index is 13.7. The summed E-state index contributed by atoms with van der Waals surface area (Å²) < 4.78 is 48.8. The number of hydrogen-bond acceptors (Lipinski definition) is 14. The summed E-state index contributed by atoms with van der Waals surface area (Å²) in [5.41, 5.74) is 7.32. The number of rotatable bonds is 12. The van der Waals surface area contributed by atoms with Crippen LogP contribution in [0.5, 0.6) is 11.5 Å². The molecule has 0 aliphatic carbocycles. The van der Waals surface area contributed by atoms with E-state index in [1.54, 1.807) is 48.5 Å². The minimum absolute atomic E-state index is 0.00281. The van der Waals surface area contributed by atoms with Crippen molar-refractivity contribution >= 4 is 72.8 Å². The third-order valence-corrected chi connectivity index (χ3v) is 9.47. The molecule has 0 unspecified atom stereocenters. The van der Waals surface area contributed by atoms with Gasteiger partial charge in [0.15, 0.2) is 11.5 Å². The number of Topliss-reactive ketones (excluding diaryl/α,β-unsaturated/α-hetero) is 2. The predicted octanol–water partition coefficient (Wildman–Crippen LogP) is 6.99. The van der Waals surface area contributed by atoms with Gasteiger partial charge in [0.25, 0.3) is 5.79 Å². The molecular weight excluding hydrogens is 664 g/mol. The lowest BCUT2D eigenvalue weighted by molar-refractivity contribution is -0.182. The third kappa shape index (κ3) is 5.88. The summed E-state index contributed by atoms with van der Waals surface area (Å²) in [6, 6.07) is 18.7. The van der Waals surface area contributed by atoms with E-state index in [1.807, 2.05) is 0 Å². The molecule has 2 bridgehead atoms. The van der Waals surface area contributed by atoms with Crippen LogP contribution in [0.1, 0.15) is 10.4 Å². The Morgan fingerprint density at radius 2 is 1.31 bits per heavy atom. The number of nitrogens with two attached hydrogens (primary N) is 1. The summed E-state index contributed by atoms with van der Waals surface area (Å²) in [7, 11) is 0.963. The molecule has 0 atom stereocenters. The highest BCUT2D eigenvalue weighted by molar-refractivity contribution is 7.91. The Balaban J connectivity index is 1.54. The van der Waals surface area contributed by atoms with Crippen molar-refractivity contribution in [2.45, 2.75) is 15.6 Å². The number of carbonyl (C=O) groups is 2. The number of anilines is 3. The fraction of sp³-hybridized carbons (Fsp3) is 0.188. The number of fused-ring (bicyclic) bond motifs is 2. The van der Waals surface area contributed by atoms with Gasteiger partial charge in [0, 0.05) is 19.9 Å². The van der Waals surface area contributed by atoms with Crippen LogP contribution in [0.15, 0.2) is 103 Å². The highest BCUT2D eigenvalue weighted by Gasteiger charge is 2.48. The van der Waals surface area contributed by atoms with Crippen molar-refractivity contribution in [2.24, 2.45) is 20.5 Å². The van der Waals surface area contributed by atoms with E-state index in [0.29, 0.717) is 5.69 Å². The van der Waals surface area contributed by atoms with E-state index in [-0.39, 0.29) is 61.0 Å². The Bertz CT molecular complexity index is 2080. The molecule has 2 aliphatic heterocycles. The van der Waals surface area contributed by atoms with Crippen molar-refractivity contribution in [3.05, 3.63) is 78.4 Å². The topological polar surface area (TPSA) is 193 Å². The predicted molar refractivity (Wildman–Crippen MR) is 177 cm³/mol. The van der Waals surface area contributed by atoms with Crippen LogP contribution in [0.4, 0.5) is 39.8 Å². The number of azo groups is 2. The molecule has 0 spiro atoms. The Kier molecular flexibility index (Phi) is 9.86. The van der Waals surface area contributed by atoms with Crippen molar-refractivity contribution in [1.29, 1.82) is 0 Å². The number of halogens is 1. The number of carbonyl (C=O) groups excluding carboxylic acids is 2. The fourth-order valence-corrected chi connectivity index (χ4v) is 6.83. The second-order valence-electron chi connectivity index (χ2n) is 10.00. The van der Waals surface area contributed by atoms with Crippen molar-refractivity contribution in [1.82, 2.24) is 0 Å². The highest BCUT2D eigenvalue weighted by atomic mass is 35.5. The Labute approximate surface area is 280 Å². The SMILES string of the molecule is COc1c2ccc(c1OC)S(=O)(=O)c1cccc(N=Nc3ccccc3N=Nc3cccc(N)c3C(=O)C(OC)(OC)C(=O)CCl)c1N2. The van der Waals surface area contributed by atoms with E-state index in [0.717, 1.165) is 14.2 Å². The molecule has 0 aromatic heterocycles. The van der Waals surface area contributed by atoms with E-state index in [2.05, 4.69) is 25.8 Å². The van der Waals surface area contributed by atoms with Crippen LogP contribution in [0.25, 0.3) is 0 Å². The van der Waals surface area contributed by atoms with Gasteiger partial charge in [-0.25, -0.2) is 8.42 Å². The number of hydrogen-bond donors (Lipinski definition) is 2. The average Bonchev–Trinajstić information content (AvgIpc) is 3.09. The minimum Gasteiger partial charge on any atom is -0.492 e. The Hall–Kier alpha value is -5.22. The number of alkyl halides is 1. The first-order valence-corrected chi connectivity index (χ1v) is 16.0. The number of ketones is 2. The average molecular weight is 693 g/mol. The summed E-state index contributed by atoms with van der Waals surface area (Å²) in [4.78, 5) is 26.1. The zero-order valence-electron chi connectivity index (χ0n) is 26.1. The molecule has 0 fully saturated rings.